The zero-order valence-corrected chi connectivity index (χ0v) is 17.4. The Labute approximate surface area is 145 Å². The van der Waals surface area contributed by atoms with Gasteiger partial charge in [-0.05, 0) is 24.6 Å². The SMILES string of the molecule is CCCCCCOCCOCCOCCO[Si](C)(C)C(C)(C)C. The van der Waals surface area contributed by atoms with Crippen molar-refractivity contribution in [1.82, 2.24) is 0 Å². The number of rotatable bonds is 15. The second-order valence-corrected chi connectivity index (χ2v) is 12.3. The predicted octanol–water partition coefficient (Wildman–Crippen LogP) is 4.64. The van der Waals surface area contributed by atoms with E-state index in [2.05, 4.69) is 40.8 Å². The van der Waals surface area contributed by atoms with Gasteiger partial charge in [-0.1, -0.05) is 47.0 Å². The van der Waals surface area contributed by atoms with Crippen LogP contribution < -0.4 is 0 Å². The third-order valence-corrected chi connectivity index (χ3v) is 8.92. The molecule has 0 aliphatic heterocycles. The van der Waals surface area contributed by atoms with Crippen LogP contribution in [0.15, 0.2) is 0 Å². The van der Waals surface area contributed by atoms with Gasteiger partial charge in [0.25, 0.3) is 0 Å². The van der Waals surface area contributed by atoms with Crippen molar-refractivity contribution in [2.75, 3.05) is 46.2 Å². The van der Waals surface area contributed by atoms with Gasteiger partial charge < -0.3 is 18.6 Å². The molecule has 5 heteroatoms. The molecule has 0 radical (unpaired) electrons. The summed E-state index contributed by atoms with van der Waals surface area (Å²) in [6.07, 6.45) is 4.99. The van der Waals surface area contributed by atoms with Crippen molar-refractivity contribution in [3.63, 3.8) is 0 Å². The summed E-state index contributed by atoms with van der Waals surface area (Å²) in [6, 6.07) is 0. The first-order chi connectivity index (χ1) is 10.8. The van der Waals surface area contributed by atoms with Gasteiger partial charge in [0.2, 0.25) is 0 Å². The van der Waals surface area contributed by atoms with E-state index < -0.39 is 8.32 Å². The average Bonchev–Trinajstić information content (AvgIpc) is 2.46. The highest BCUT2D eigenvalue weighted by Crippen LogP contribution is 2.36. The minimum atomic E-state index is -1.64. The molecule has 0 N–H and O–H groups in total. The first kappa shape index (κ1) is 23.1. The molecule has 0 saturated carbocycles. The topological polar surface area (TPSA) is 36.9 Å². The Bertz CT molecular complexity index is 264. The maximum absolute atomic E-state index is 6.05. The molecule has 0 atom stereocenters. The van der Waals surface area contributed by atoms with Crippen LogP contribution in [0.1, 0.15) is 53.4 Å². The van der Waals surface area contributed by atoms with Gasteiger partial charge in [-0.25, -0.2) is 0 Å². The molecule has 0 rings (SSSR count). The molecule has 0 saturated heterocycles. The lowest BCUT2D eigenvalue weighted by Crippen LogP contribution is -2.41. The van der Waals surface area contributed by atoms with Crippen molar-refractivity contribution in [2.45, 2.75) is 71.5 Å². The Morgan fingerprint density at radius 1 is 0.652 bits per heavy atom. The predicted molar refractivity (Wildman–Crippen MR) is 99.7 cm³/mol. The lowest BCUT2D eigenvalue weighted by Gasteiger charge is -2.36. The van der Waals surface area contributed by atoms with Crippen LogP contribution in [-0.4, -0.2) is 54.6 Å². The number of unbranched alkanes of at least 4 members (excludes halogenated alkanes) is 3. The molecule has 0 bridgehead atoms. The lowest BCUT2D eigenvalue weighted by molar-refractivity contribution is 0.00801. The van der Waals surface area contributed by atoms with E-state index in [9.17, 15) is 0 Å². The second kappa shape index (κ2) is 13.4. The van der Waals surface area contributed by atoms with Crippen LogP contribution in [0.5, 0.6) is 0 Å². The van der Waals surface area contributed by atoms with Crippen molar-refractivity contribution in [1.29, 1.82) is 0 Å². The summed E-state index contributed by atoms with van der Waals surface area (Å²) >= 11 is 0. The Balaban J connectivity index is 3.25. The second-order valence-electron chi connectivity index (χ2n) is 7.51. The highest BCUT2D eigenvalue weighted by atomic mass is 28.4. The summed E-state index contributed by atoms with van der Waals surface area (Å²) in [7, 11) is -1.64. The molecule has 0 aliphatic rings. The van der Waals surface area contributed by atoms with Crippen LogP contribution in [0.3, 0.4) is 0 Å². The van der Waals surface area contributed by atoms with Crippen LogP contribution in [0.25, 0.3) is 0 Å². The Hall–Kier alpha value is 0.0569. The van der Waals surface area contributed by atoms with Gasteiger partial charge >= 0.3 is 0 Å². The van der Waals surface area contributed by atoms with Crippen LogP contribution >= 0.6 is 0 Å². The fourth-order valence-electron chi connectivity index (χ4n) is 1.75. The van der Waals surface area contributed by atoms with E-state index in [0.29, 0.717) is 39.6 Å². The van der Waals surface area contributed by atoms with E-state index in [1.165, 1.54) is 19.3 Å². The minimum Gasteiger partial charge on any atom is -0.414 e. The summed E-state index contributed by atoms with van der Waals surface area (Å²) in [4.78, 5) is 0. The van der Waals surface area contributed by atoms with Gasteiger partial charge in [0.05, 0.1) is 39.6 Å². The maximum atomic E-state index is 6.05. The van der Waals surface area contributed by atoms with E-state index in [1.54, 1.807) is 0 Å². The van der Waals surface area contributed by atoms with Gasteiger partial charge in [0.1, 0.15) is 0 Å². The smallest absolute Gasteiger partial charge is 0.192 e. The van der Waals surface area contributed by atoms with Crippen molar-refractivity contribution in [3.05, 3.63) is 0 Å². The minimum absolute atomic E-state index is 0.257. The standard InChI is InChI=1S/C18H40O4Si/c1-7-8-9-10-11-19-12-13-20-14-15-21-16-17-22-23(5,6)18(2,3)4/h7-17H2,1-6H3. The molecule has 140 valence electrons. The van der Waals surface area contributed by atoms with E-state index >= 15 is 0 Å². The Morgan fingerprint density at radius 2 is 1.13 bits per heavy atom. The molecular formula is C18H40O4Si. The normalized spacial score (nSPS) is 12.8. The summed E-state index contributed by atoms with van der Waals surface area (Å²) in [5, 5.41) is 0.257. The lowest BCUT2D eigenvalue weighted by atomic mass is 10.2. The third-order valence-electron chi connectivity index (χ3n) is 4.38. The monoisotopic (exact) mass is 348 g/mol. The fourth-order valence-corrected chi connectivity index (χ4v) is 2.77. The summed E-state index contributed by atoms with van der Waals surface area (Å²) < 4.78 is 22.6. The molecule has 23 heavy (non-hydrogen) atoms. The van der Waals surface area contributed by atoms with Crippen LogP contribution in [0.2, 0.25) is 18.1 Å². The van der Waals surface area contributed by atoms with E-state index in [1.807, 2.05) is 0 Å². The molecule has 0 spiro atoms. The number of hydrogen-bond donors (Lipinski definition) is 0. The molecule has 0 unspecified atom stereocenters. The number of ether oxygens (including phenoxy) is 3. The van der Waals surface area contributed by atoms with Crippen molar-refractivity contribution >= 4 is 8.32 Å². The third kappa shape index (κ3) is 13.1. The van der Waals surface area contributed by atoms with Crippen LogP contribution in [0.4, 0.5) is 0 Å². The maximum Gasteiger partial charge on any atom is 0.192 e. The summed E-state index contributed by atoms with van der Waals surface area (Å²) in [5.74, 6) is 0. The summed E-state index contributed by atoms with van der Waals surface area (Å²) in [5.41, 5.74) is 0. The molecule has 0 fully saturated rings. The Kier molecular flexibility index (Phi) is 13.4. The molecule has 0 aromatic rings. The van der Waals surface area contributed by atoms with Crippen molar-refractivity contribution < 1.29 is 18.6 Å². The van der Waals surface area contributed by atoms with Crippen LogP contribution in [-0.2, 0) is 18.6 Å². The van der Waals surface area contributed by atoms with E-state index in [-0.39, 0.29) is 5.04 Å². The zero-order valence-electron chi connectivity index (χ0n) is 16.4. The van der Waals surface area contributed by atoms with E-state index in [0.717, 1.165) is 13.0 Å². The quantitative estimate of drug-likeness (QED) is 0.319. The average molecular weight is 349 g/mol. The first-order valence-electron chi connectivity index (χ1n) is 9.18. The molecular weight excluding hydrogens is 308 g/mol. The van der Waals surface area contributed by atoms with Gasteiger partial charge in [-0.3, -0.25) is 0 Å². The molecule has 0 aromatic carbocycles. The van der Waals surface area contributed by atoms with Gasteiger partial charge in [-0.2, -0.15) is 0 Å². The van der Waals surface area contributed by atoms with Crippen molar-refractivity contribution in [2.24, 2.45) is 0 Å². The highest BCUT2D eigenvalue weighted by Gasteiger charge is 2.36. The van der Waals surface area contributed by atoms with Gasteiger partial charge in [0.15, 0.2) is 8.32 Å². The highest BCUT2D eigenvalue weighted by molar-refractivity contribution is 6.74. The van der Waals surface area contributed by atoms with Crippen LogP contribution in [0, 0.1) is 0 Å². The molecule has 0 amide bonds. The molecule has 0 heterocycles. The zero-order chi connectivity index (χ0) is 17.6. The molecule has 4 nitrogen and oxygen atoms in total. The molecule has 0 aromatic heterocycles. The summed E-state index contributed by atoms with van der Waals surface area (Å²) in [6.45, 7) is 18.2. The van der Waals surface area contributed by atoms with Crippen molar-refractivity contribution in [3.8, 4) is 0 Å². The van der Waals surface area contributed by atoms with Gasteiger partial charge in [-0.15, -0.1) is 0 Å². The first-order valence-corrected chi connectivity index (χ1v) is 12.1. The Morgan fingerprint density at radius 3 is 1.61 bits per heavy atom. The van der Waals surface area contributed by atoms with E-state index in [4.69, 9.17) is 18.6 Å². The fraction of sp³-hybridized carbons (Fsp3) is 1.00. The molecule has 0 aliphatic carbocycles. The number of hydrogen-bond acceptors (Lipinski definition) is 4. The van der Waals surface area contributed by atoms with Gasteiger partial charge in [0, 0.05) is 6.61 Å². The largest absolute Gasteiger partial charge is 0.414 e.